The first-order chi connectivity index (χ1) is 7.03. The molecule has 4 heteroatoms. The molecule has 2 aliphatic rings. The molecule has 2 saturated carbocycles. The minimum Gasteiger partial charge on any atom is -0.339 e. The van der Waals surface area contributed by atoms with E-state index in [0.717, 1.165) is 18.7 Å². The van der Waals surface area contributed by atoms with E-state index in [0.29, 0.717) is 11.7 Å². The lowest BCUT2D eigenvalue weighted by Crippen LogP contribution is -2.42. The smallest absolute Gasteiger partial charge is 0.229 e. The molecule has 0 aromatic carbocycles. The summed E-state index contributed by atoms with van der Waals surface area (Å²) < 4.78 is 5.26. The third-order valence-electron chi connectivity index (χ3n) is 4.09. The van der Waals surface area contributed by atoms with Crippen LogP contribution >= 0.6 is 0 Å². The fourth-order valence-electron chi connectivity index (χ4n) is 1.92. The lowest BCUT2D eigenvalue weighted by atomic mass is 9.84. The molecule has 2 N–H and O–H groups in total. The summed E-state index contributed by atoms with van der Waals surface area (Å²) in [6.07, 6.45) is 4.68. The molecule has 1 aromatic heterocycles. The average Bonchev–Trinajstić information content (AvgIpc) is 3.09. The van der Waals surface area contributed by atoms with Crippen molar-refractivity contribution in [1.29, 1.82) is 0 Å². The average molecular weight is 207 g/mol. The molecule has 2 aliphatic carbocycles. The van der Waals surface area contributed by atoms with Crippen molar-refractivity contribution in [3.05, 3.63) is 11.7 Å². The van der Waals surface area contributed by atoms with E-state index in [2.05, 4.69) is 17.1 Å². The Hall–Kier alpha value is -0.900. The summed E-state index contributed by atoms with van der Waals surface area (Å²) in [5.41, 5.74) is 6.05. The Morgan fingerprint density at radius 3 is 2.67 bits per heavy atom. The zero-order valence-corrected chi connectivity index (χ0v) is 9.29. The lowest BCUT2D eigenvalue weighted by Gasteiger charge is -2.27. The van der Waals surface area contributed by atoms with Gasteiger partial charge in [0, 0.05) is 5.92 Å². The molecule has 1 aromatic rings. The topological polar surface area (TPSA) is 64.9 Å². The summed E-state index contributed by atoms with van der Waals surface area (Å²) in [7, 11) is 0. The lowest BCUT2D eigenvalue weighted by molar-refractivity contribution is 0.269. The van der Waals surface area contributed by atoms with Crippen LogP contribution in [-0.2, 0) is 5.54 Å². The van der Waals surface area contributed by atoms with Crippen molar-refractivity contribution in [2.75, 3.05) is 0 Å². The fraction of sp³-hybridized carbons (Fsp3) is 0.818. The first-order valence-corrected chi connectivity index (χ1v) is 5.66. The highest BCUT2D eigenvalue weighted by molar-refractivity contribution is 5.16. The number of hydrogen-bond acceptors (Lipinski definition) is 4. The number of hydrogen-bond donors (Lipinski definition) is 1. The Morgan fingerprint density at radius 1 is 1.47 bits per heavy atom. The molecule has 0 radical (unpaired) electrons. The molecule has 0 spiro atoms. The van der Waals surface area contributed by atoms with Gasteiger partial charge in [-0.15, -0.1) is 0 Å². The second kappa shape index (κ2) is 2.61. The molecule has 0 amide bonds. The predicted molar refractivity (Wildman–Crippen MR) is 55.2 cm³/mol. The molecule has 4 nitrogen and oxygen atoms in total. The zero-order valence-electron chi connectivity index (χ0n) is 9.29. The standard InChI is InChI=1S/C11H17N3O/c1-10(5-6-10)11(2,12)9-13-8(15-14-9)7-3-4-7/h7H,3-6,12H2,1-2H3. The van der Waals surface area contributed by atoms with Gasteiger partial charge in [-0.1, -0.05) is 12.1 Å². The van der Waals surface area contributed by atoms with Crippen LogP contribution in [0, 0.1) is 5.41 Å². The third-order valence-corrected chi connectivity index (χ3v) is 4.09. The number of rotatable bonds is 3. The first kappa shape index (κ1) is 9.33. The second-order valence-corrected chi connectivity index (χ2v) is 5.49. The van der Waals surface area contributed by atoms with Crippen LogP contribution in [0.5, 0.6) is 0 Å². The van der Waals surface area contributed by atoms with Crippen LogP contribution in [0.25, 0.3) is 0 Å². The van der Waals surface area contributed by atoms with E-state index in [4.69, 9.17) is 10.3 Å². The highest BCUT2D eigenvalue weighted by atomic mass is 16.5. The Labute approximate surface area is 89.2 Å². The first-order valence-electron chi connectivity index (χ1n) is 5.66. The molecule has 0 aliphatic heterocycles. The van der Waals surface area contributed by atoms with E-state index in [1.165, 1.54) is 12.8 Å². The molecule has 15 heavy (non-hydrogen) atoms. The third kappa shape index (κ3) is 1.31. The van der Waals surface area contributed by atoms with Crippen molar-refractivity contribution in [3.8, 4) is 0 Å². The van der Waals surface area contributed by atoms with Gasteiger partial charge in [0.2, 0.25) is 5.89 Å². The van der Waals surface area contributed by atoms with Crippen LogP contribution in [0.4, 0.5) is 0 Å². The van der Waals surface area contributed by atoms with Crippen molar-refractivity contribution in [1.82, 2.24) is 10.1 Å². The number of nitrogens with zero attached hydrogens (tertiary/aromatic N) is 2. The maximum atomic E-state index is 6.33. The van der Waals surface area contributed by atoms with Crippen LogP contribution in [0.3, 0.4) is 0 Å². The van der Waals surface area contributed by atoms with Gasteiger partial charge in [0.1, 0.15) is 0 Å². The van der Waals surface area contributed by atoms with Crippen LogP contribution in [-0.4, -0.2) is 10.1 Å². The van der Waals surface area contributed by atoms with Crippen LogP contribution in [0.2, 0.25) is 0 Å². The molecule has 0 saturated heterocycles. The largest absolute Gasteiger partial charge is 0.339 e. The monoisotopic (exact) mass is 207 g/mol. The van der Waals surface area contributed by atoms with E-state index in [1.54, 1.807) is 0 Å². The van der Waals surface area contributed by atoms with E-state index in [9.17, 15) is 0 Å². The molecule has 82 valence electrons. The van der Waals surface area contributed by atoms with Crippen LogP contribution < -0.4 is 5.73 Å². The highest BCUT2D eigenvalue weighted by Gasteiger charge is 2.54. The maximum Gasteiger partial charge on any atom is 0.229 e. The minimum absolute atomic E-state index is 0.164. The van der Waals surface area contributed by atoms with Crippen molar-refractivity contribution >= 4 is 0 Å². The summed E-state index contributed by atoms with van der Waals surface area (Å²) in [5, 5.41) is 4.04. The van der Waals surface area contributed by atoms with E-state index >= 15 is 0 Å². The van der Waals surface area contributed by atoms with E-state index in [-0.39, 0.29) is 5.41 Å². The predicted octanol–water partition coefficient (Wildman–Crippen LogP) is 1.92. The summed E-state index contributed by atoms with van der Waals surface area (Å²) in [6, 6.07) is 0. The van der Waals surface area contributed by atoms with Gasteiger partial charge in [0.15, 0.2) is 5.82 Å². The Morgan fingerprint density at radius 2 is 2.13 bits per heavy atom. The fourth-order valence-corrected chi connectivity index (χ4v) is 1.92. The molecule has 2 fully saturated rings. The van der Waals surface area contributed by atoms with Gasteiger partial charge < -0.3 is 10.3 Å². The normalized spacial score (nSPS) is 27.4. The van der Waals surface area contributed by atoms with Gasteiger partial charge in [0.25, 0.3) is 0 Å². The van der Waals surface area contributed by atoms with Crippen molar-refractivity contribution < 1.29 is 4.52 Å². The molecule has 0 bridgehead atoms. The van der Waals surface area contributed by atoms with Crippen molar-refractivity contribution in [2.24, 2.45) is 11.1 Å². The molecule has 1 heterocycles. The van der Waals surface area contributed by atoms with Gasteiger partial charge in [0.05, 0.1) is 5.54 Å². The van der Waals surface area contributed by atoms with Gasteiger partial charge >= 0.3 is 0 Å². The second-order valence-electron chi connectivity index (χ2n) is 5.49. The van der Waals surface area contributed by atoms with Crippen molar-refractivity contribution in [2.45, 2.75) is 51.0 Å². The highest BCUT2D eigenvalue weighted by Crippen LogP contribution is 2.56. The SMILES string of the molecule is CC1(C(C)(N)c2noc(C3CC3)n2)CC1. The van der Waals surface area contributed by atoms with Crippen molar-refractivity contribution in [3.63, 3.8) is 0 Å². The Bertz CT molecular complexity index is 388. The molecule has 3 rings (SSSR count). The van der Waals surface area contributed by atoms with Crippen LogP contribution in [0.1, 0.15) is 57.2 Å². The van der Waals surface area contributed by atoms with Gasteiger partial charge in [-0.2, -0.15) is 4.98 Å². The maximum absolute atomic E-state index is 6.33. The minimum atomic E-state index is -0.441. The number of nitrogens with two attached hydrogens (primary N) is 1. The van der Waals surface area contributed by atoms with E-state index < -0.39 is 5.54 Å². The van der Waals surface area contributed by atoms with Crippen LogP contribution in [0.15, 0.2) is 4.52 Å². The Kier molecular flexibility index (Phi) is 1.63. The molecule has 1 unspecified atom stereocenters. The van der Waals surface area contributed by atoms with Gasteiger partial charge in [-0.3, -0.25) is 0 Å². The van der Waals surface area contributed by atoms with Gasteiger partial charge in [-0.25, -0.2) is 0 Å². The Balaban J connectivity index is 1.90. The number of aromatic nitrogens is 2. The zero-order chi connectivity index (χ0) is 10.7. The summed E-state index contributed by atoms with van der Waals surface area (Å²) in [5.74, 6) is 1.98. The molecular formula is C11H17N3O. The molecular weight excluding hydrogens is 190 g/mol. The summed E-state index contributed by atoms with van der Waals surface area (Å²) in [4.78, 5) is 4.45. The summed E-state index contributed by atoms with van der Waals surface area (Å²) in [6.45, 7) is 4.21. The summed E-state index contributed by atoms with van der Waals surface area (Å²) >= 11 is 0. The quantitative estimate of drug-likeness (QED) is 0.822. The van der Waals surface area contributed by atoms with E-state index in [1.807, 2.05) is 6.92 Å². The molecule has 1 atom stereocenters. The van der Waals surface area contributed by atoms with Gasteiger partial charge in [-0.05, 0) is 38.0 Å².